The molecular formula is C16H22N4O2S. The summed E-state index contributed by atoms with van der Waals surface area (Å²) in [5.41, 5.74) is 1.85. The summed E-state index contributed by atoms with van der Waals surface area (Å²) < 4.78 is 26.8. The molecule has 23 heavy (non-hydrogen) atoms. The van der Waals surface area contributed by atoms with Crippen molar-refractivity contribution in [3.8, 4) is 0 Å². The lowest BCUT2D eigenvalue weighted by Crippen LogP contribution is -2.27. The molecule has 0 bridgehead atoms. The highest BCUT2D eigenvalue weighted by molar-refractivity contribution is 7.89. The molecule has 0 atom stereocenters. The SMILES string of the molecule is Cc1ccnc(NCc2ccc(S(=O)(=O)NCC(C)C)cc2)n1. The topological polar surface area (TPSA) is 84.0 Å². The van der Waals surface area contributed by atoms with Gasteiger partial charge in [0.25, 0.3) is 0 Å². The van der Waals surface area contributed by atoms with Gasteiger partial charge in [0.05, 0.1) is 4.90 Å². The third kappa shape index (κ3) is 5.30. The van der Waals surface area contributed by atoms with Crippen molar-refractivity contribution in [2.45, 2.75) is 32.2 Å². The van der Waals surface area contributed by atoms with E-state index < -0.39 is 10.0 Å². The largest absolute Gasteiger partial charge is 0.350 e. The smallest absolute Gasteiger partial charge is 0.240 e. The Morgan fingerprint density at radius 3 is 2.43 bits per heavy atom. The lowest BCUT2D eigenvalue weighted by atomic mass is 10.2. The van der Waals surface area contributed by atoms with Crippen molar-refractivity contribution in [3.63, 3.8) is 0 Å². The van der Waals surface area contributed by atoms with Gasteiger partial charge in [0, 0.05) is 25.0 Å². The molecule has 2 N–H and O–H groups in total. The number of nitrogens with one attached hydrogen (secondary N) is 2. The summed E-state index contributed by atoms with van der Waals surface area (Å²) in [7, 11) is -3.44. The predicted octanol–water partition coefficient (Wildman–Crippen LogP) is 2.33. The van der Waals surface area contributed by atoms with E-state index in [9.17, 15) is 8.42 Å². The highest BCUT2D eigenvalue weighted by atomic mass is 32.2. The van der Waals surface area contributed by atoms with Crippen molar-refractivity contribution in [3.05, 3.63) is 47.8 Å². The van der Waals surface area contributed by atoms with E-state index in [-0.39, 0.29) is 10.8 Å². The predicted molar refractivity (Wildman–Crippen MR) is 90.6 cm³/mol. The van der Waals surface area contributed by atoms with E-state index in [1.54, 1.807) is 30.5 Å². The number of aryl methyl sites for hydroxylation is 1. The van der Waals surface area contributed by atoms with Crippen LogP contribution in [-0.2, 0) is 16.6 Å². The van der Waals surface area contributed by atoms with Crippen molar-refractivity contribution in [2.75, 3.05) is 11.9 Å². The normalized spacial score (nSPS) is 11.7. The zero-order valence-corrected chi connectivity index (χ0v) is 14.4. The van der Waals surface area contributed by atoms with Crippen molar-refractivity contribution >= 4 is 16.0 Å². The quantitative estimate of drug-likeness (QED) is 0.812. The zero-order chi connectivity index (χ0) is 16.9. The molecule has 1 aromatic carbocycles. The van der Waals surface area contributed by atoms with Gasteiger partial charge in [-0.2, -0.15) is 0 Å². The molecule has 2 aromatic rings. The fraction of sp³-hybridized carbons (Fsp3) is 0.375. The lowest BCUT2D eigenvalue weighted by Gasteiger charge is -2.10. The number of rotatable bonds is 7. The summed E-state index contributed by atoms with van der Waals surface area (Å²) >= 11 is 0. The number of sulfonamides is 1. The van der Waals surface area contributed by atoms with E-state index in [4.69, 9.17) is 0 Å². The van der Waals surface area contributed by atoms with Crippen LogP contribution in [0.15, 0.2) is 41.4 Å². The molecule has 124 valence electrons. The van der Waals surface area contributed by atoms with Gasteiger partial charge in [-0.25, -0.2) is 23.1 Å². The maximum atomic E-state index is 12.1. The average molecular weight is 334 g/mol. The molecule has 0 fully saturated rings. The first-order valence-electron chi connectivity index (χ1n) is 7.49. The van der Waals surface area contributed by atoms with Crippen LogP contribution in [0.25, 0.3) is 0 Å². The third-order valence-corrected chi connectivity index (χ3v) is 4.60. The Morgan fingerprint density at radius 1 is 1.13 bits per heavy atom. The minimum absolute atomic E-state index is 0.266. The summed E-state index contributed by atoms with van der Waals surface area (Å²) in [6.45, 7) is 6.78. The molecule has 0 amide bonds. The number of benzene rings is 1. The van der Waals surface area contributed by atoms with Gasteiger partial charge in [0.15, 0.2) is 0 Å². The Morgan fingerprint density at radius 2 is 1.83 bits per heavy atom. The second kappa shape index (κ2) is 7.52. The van der Waals surface area contributed by atoms with Crippen LogP contribution in [-0.4, -0.2) is 24.9 Å². The Kier molecular flexibility index (Phi) is 5.68. The highest BCUT2D eigenvalue weighted by Gasteiger charge is 2.13. The van der Waals surface area contributed by atoms with Crippen LogP contribution < -0.4 is 10.0 Å². The van der Waals surface area contributed by atoms with Gasteiger partial charge in [-0.3, -0.25) is 0 Å². The molecule has 2 rings (SSSR count). The highest BCUT2D eigenvalue weighted by Crippen LogP contribution is 2.12. The van der Waals surface area contributed by atoms with E-state index in [1.165, 1.54) is 0 Å². The number of hydrogen-bond acceptors (Lipinski definition) is 5. The third-order valence-electron chi connectivity index (χ3n) is 3.16. The van der Waals surface area contributed by atoms with Gasteiger partial charge in [-0.05, 0) is 36.6 Å². The second-order valence-corrected chi connectivity index (χ2v) is 7.53. The summed E-state index contributed by atoms with van der Waals surface area (Å²) in [4.78, 5) is 8.65. The summed E-state index contributed by atoms with van der Waals surface area (Å²) in [5.74, 6) is 0.822. The monoisotopic (exact) mass is 334 g/mol. The summed E-state index contributed by atoms with van der Waals surface area (Å²) in [5, 5.41) is 3.11. The standard InChI is InChI=1S/C16H22N4O2S/c1-12(2)10-19-23(21,22)15-6-4-14(5-7-15)11-18-16-17-9-8-13(3)20-16/h4-9,12,19H,10-11H2,1-3H3,(H,17,18,20). The second-order valence-electron chi connectivity index (χ2n) is 5.76. The van der Waals surface area contributed by atoms with Crippen LogP contribution >= 0.6 is 0 Å². The van der Waals surface area contributed by atoms with Crippen molar-refractivity contribution in [1.82, 2.24) is 14.7 Å². The first-order valence-corrected chi connectivity index (χ1v) is 8.97. The molecule has 0 radical (unpaired) electrons. The van der Waals surface area contributed by atoms with E-state index in [1.807, 2.05) is 26.8 Å². The van der Waals surface area contributed by atoms with Crippen LogP contribution in [0, 0.1) is 12.8 Å². The van der Waals surface area contributed by atoms with Gasteiger partial charge in [-0.1, -0.05) is 26.0 Å². The Hall–Kier alpha value is -1.99. The number of nitrogens with zero attached hydrogens (tertiary/aromatic N) is 2. The van der Waals surface area contributed by atoms with E-state index in [2.05, 4.69) is 20.0 Å². The summed E-state index contributed by atoms with van der Waals surface area (Å²) in [6, 6.07) is 8.61. The number of hydrogen-bond donors (Lipinski definition) is 2. The van der Waals surface area contributed by atoms with Crippen LogP contribution in [0.2, 0.25) is 0 Å². The maximum Gasteiger partial charge on any atom is 0.240 e. The molecule has 6 nitrogen and oxygen atoms in total. The molecule has 7 heteroatoms. The van der Waals surface area contributed by atoms with Gasteiger partial charge >= 0.3 is 0 Å². The van der Waals surface area contributed by atoms with Gasteiger partial charge < -0.3 is 5.32 Å². The molecule has 0 aliphatic carbocycles. The molecule has 0 unspecified atom stereocenters. The molecule has 1 aromatic heterocycles. The van der Waals surface area contributed by atoms with Crippen molar-refractivity contribution in [2.24, 2.45) is 5.92 Å². The Labute approximate surface area is 137 Å². The summed E-state index contributed by atoms with van der Waals surface area (Å²) in [6.07, 6.45) is 1.70. The first kappa shape index (κ1) is 17.4. The number of anilines is 1. The lowest BCUT2D eigenvalue weighted by molar-refractivity contribution is 0.560. The van der Waals surface area contributed by atoms with E-state index in [0.29, 0.717) is 19.0 Å². The van der Waals surface area contributed by atoms with Crippen molar-refractivity contribution in [1.29, 1.82) is 0 Å². The van der Waals surface area contributed by atoms with Crippen LogP contribution in [0.1, 0.15) is 25.1 Å². The van der Waals surface area contributed by atoms with E-state index in [0.717, 1.165) is 11.3 Å². The van der Waals surface area contributed by atoms with Crippen LogP contribution in [0.4, 0.5) is 5.95 Å². The zero-order valence-electron chi connectivity index (χ0n) is 13.6. The van der Waals surface area contributed by atoms with Crippen molar-refractivity contribution < 1.29 is 8.42 Å². The fourth-order valence-corrected chi connectivity index (χ4v) is 3.08. The minimum Gasteiger partial charge on any atom is -0.350 e. The molecule has 0 aliphatic heterocycles. The molecule has 0 saturated carbocycles. The molecule has 0 spiro atoms. The van der Waals surface area contributed by atoms with Crippen LogP contribution in [0.3, 0.4) is 0 Å². The van der Waals surface area contributed by atoms with Crippen LogP contribution in [0.5, 0.6) is 0 Å². The average Bonchev–Trinajstić information content (AvgIpc) is 2.52. The first-order chi connectivity index (χ1) is 10.9. The molecular weight excluding hydrogens is 312 g/mol. The maximum absolute atomic E-state index is 12.1. The molecule has 0 aliphatic rings. The Balaban J connectivity index is 1.99. The Bertz CT molecular complexity index is 743. The minimum atomic E-state index is -3.44. The van der Waals surface area contributed by atoms with E-state index >= 15 is 0 Å². The van der Waals surface area contributed by atoms with Gasteiger partial charge in [-0.15, -0.1) is 0 Å². The van der Waals surface area contributed by atoms with Gasteiger partial charge in [0.1, 0.15) is 0 Å². The van der Waals surface area contributed by atoms with Gasteiger partial charge in [0.2, 0.25) is 16.0 Å². The fourth-order valence-electron chi connectivity index (χ4n) is 1.86. The molecule has 1 heterocycles. The number of aromatic nitrogens is 2. The molecule has 0 saturated heterocycles.